The second-order valence-electron chi connectivity index (χ2n) is 9.11. The lowest BCUT2D eigenvalue weighted by Gasteiger charge is -2.33. The molecule has 3 aromatic rings. The van der Waals surface area contributed by atoms with Crippen molar-refractivity contribution in [3.63, 3.8) is 0 Å². The van der Waals surface area contributed by atoms with Crippen molar-refractivity contribution in [1.29, 1.82) is 0 Å². The Morgan fingerprint density at radius 2 is 1.62 bits per heavy atom. The topological polar surface area (TPSA) is 86.8 Å². The Morgan fingerprint density at radius 3 is 2.25 bits per heavy atom. The maximum Gasteiger partial charge on any atom is 0.264 e. The fourth-order valence-corrected chi connectivity index (χ4v) is 5.91. The van der Waals surface area contributed by atoms with Crippen molar-refractivity contribution < 1.29 is 22.4 Å². The van der Waals surface area contributed by atoms with Crippen molar-refractivity contribution in [2.75, 3.05) is 17.4 Å². The number of carbonyl (C=O) groups excluding carboxylic acids is 2. The standard InChI is InChI=1S/C29H32Cl2FN3O4S/c1-3-5-17-33-29(37)26(4-2)34(19-21-15-16-23(30)24(31)18-21)28(36)20-35(27-14-10-9-13-25(27)32)40(38,39)22-11-7-6-8-12-22/h6-16,18,26H,3-5,17,19-20H2,1-2H3,(H,33,37)/t26-/m0/s1. The number of hydrogen-bond acceptors (Lipinski definition) is 4. The molecular weight excluding hydrogens is 576 g/mol. The summed E-state index contributed by atoms with van der Waals surface area (Å²) >= 11 is 12.3. The zero-order chi connectivity index (χ0) is 29.3. The summed E-state index contributed by atoms with van der Waals surface area (Å²) in [6.07, 6.45) is 1.90. The Morgan fingerprint density at radius 1 is 0.950 bits per heavy atom. The number of para-hydroxylation sites is 1. The van der Waals surface area contributed by atoms with Gasteiger partial charge in [-0.1, -0.05) is 79.9 Å². The molecule has 0 spiro atoms. The van der Waals surface area contributed by atoms with E-state index in [1.807, 2.05) is 6.92 Å². The fourth-order valence-electron chi connectivity index (χ4n) is 4.15. The highest BCUT2D eigenvalue weighted by molar-refractivity contribution is 7.92. The van der Waals surface area contributed by atoms with E-state index in [4.69, 9.17) is 23.2 Å². The number of halogens is 3. The molecule has 7 nitrogen and oxygen atoms in total. The molecule has 2 amide bonds. The van der Waals surface area contributed by atoms with Gasteiger partial charge in [-0.2, -0.15) is 0 Å². The summed E-state index contributed by atoms with van der Waals surface area (Å²) in [5.41, 5.74) is 0.306. The van der Waals surface area contributed by atoms with Gasteiger partial charge in [-0.15, -0.1) is 0 Å². The second-order valence-corrected chi connectivity index (χ2v) is 11.8. The summed E-state index contributed by atoms with van der Waals surface area (Å²) < 4.78 is 43.1. The predicted octanol–water partition coefficient (Wildman–Crippen LogP) is 6.05. The highest BCUT2D eigenvalue weighted by Crippen LogP contribution is 2.28. The van der Waals surface area contributed by atoms with Gasteiger partial charge in [-0.25, -0.2) is 12.8 Å². The van der Waals surface area contributed by atoms with Gasteiger partial charge in [-0.05, 0) is 54.8 Å². The van der Waals surface area contributed by atoms with Crippen LogP contribution in [0, 0.1) is 5.82 Å². The van der Waals surface area contributed by atoms with Gasteiger partial charge in [0.25, 0.3) is 10.0 Å². The molecule has 11 heteroatoms. The first-order chi connectivity index (χ1) is 19.1. The van der Waals surface area contributed by atoms with Crippen molar-refractivity contribution in [2.45, 2.75) is 50.6 Å². The smallest absolute Gasteiger partial charge is 0.264 e. The molecule has 0 bridgehead atoms. The third-order valence-electron chi connectivity index (χ3n) is 6.28. The van der Waals surface area contributed by atoms with Crippen molar-refractivity contribution in [2.24, 2.45) is 0 Å². The number of sulfonamides is 1. The van der Waals surface area contributed by atoms with Crippen LogP contribution in [0.1, 0.15) is 38.7 Å². The molecule has 0 radical (unpaired) electrons. The molecule has 0 aliphatic carbocycles. The Bertz CT molecular complexity index is 1420. The molecule has 0 aliphatic rings. The van der Waals surface area contributed by atoms with Crippen LogP contribution >= 0.6 is 23.2 Å². The number of nitrogens with zero attached hydrogens (tertiary/aromatic N) is 2. The normalized spacial score (nSPS) is 12.0. The van der Waals surface area contributed by atoms with Crippen LogP contribution in [0.3, 0.4) is 0 Å². The maximum absolute atomic E-state index is 15.0. The third kappa shape index (κ3) is 7.74. The van der Waals surface area contributed by atoms with E-state index in [9.17, 15) is 22.4 Å². The van der Waals surface area contributed by atoms with E-state index >= 15 is 0 Å². The summed E-state index contributed by atoms with van der Waals surface area (Å²) in [7, 11) is -4.35. The average Bonchev–Trinajstić information content (AvgIpc) is 2.94. The molecule has 214 valence electrons. The van der Waals surface area contributed by atoms with Crippen molar-refractivity contribution in [3.8, 4) is 0 Å². The molecule has 40 heavy (non-hydrogen) atoms. The van der Waals surface area contributed by atoms with Crippen molar-refractivity contribution in [1.82, 2.24) is 10.2 Å². The lowest BCUT2D eigenvalue weighted by Crippen LogP contribution is -2.52. The first-order valence-corrected chi connectivity index (χ1v) is 15.1. The molecule has 0 aromatic heterocycles. The number of amides is 2. The van der Waals surface area contributed by atoms with E-state index in [-0.39, 0.29) is 34.5 Å². The summed E-state index contributed by atoms with van der Waals surface area (Å²) in [6, 6.07) is 16.7. The SMILES string of the molecule is CCCCNC(=O)[C@H](CC)N(Cc1ccc(Cl)c(Cl)c1)C(=O)CN(c1ccccc1F)S(=O)(=O)c1ccccc1. The Labute approximate surface area is 244 Å². The molecule has 3 rings (SSSR count). The minimum atomic E-state index is -4.35. The zero-order valence-electron chi connectivity index (χ0n) is 22.3. The van der Waals surface area contributed by atoms with Crippen molar-refractivity contribution >= 4 is 50.7 Å². The van der Waals surface area contributed by atoms with Crippen LogP contribution in [0.15, 0.2) is 77.7 Å². The van der Waals surface area contributed by atoms with E-state index in [2.05, 4.69) is 5.32 Å². The number of hydrogen-bond donors (Lipinski definition) is 1. The number of rotatable bonds is 13. The van der Waals surface area contributed by atoms with Crippen LogP contribution in [0.2, 0.25) is 10.0 Å². The van der Waals surface area contributed by atoms with Crippen LogP contribution in [0.4, 0.5) is 10.1 Å². The summed E-state index contributed by atoms with van der Waals surface area (Å²) in [5.74, 6) is -1.87. The average molecular weight is 609 g/mol. The third-order valence-corrected chi connectivity index (χ3v) is 8.80. The van der Waals surface area contributed by atoms with Gasteiger partial charge in [0.05, 0.1) is 20.6 Å². The van der Waals surface area contributed by atoms with E-state index in [1.165, 1.54) is 35.2 Å². The quantitative estimate of drug-likeness (QED) is 0.240. The van der Waals surface area contributed by atoms with Crippen LogP contribution in [0.25, 0.3) is 0 Å². The van der Waals surface area contributed by atoms with E-state index < -0.39 is 34.3 Å². The first kappa shape index (κ1) is 31.4. The molecule has 0 aliphatic heterocycles. The Hall–Kier alpha value is -3.14. The van der Waals surface area contributed by atoms with Crippen molar-refractivity contribution in [3.05, 3.63) is 94.2 Å². The lowest BCUT2D eigenvalue weighted by molar-refractivity contribution is -0.140. The van der Waals surface area contributed by atoms with Crippen LogP contribution in [-0.4, -0.2) is 44.3 Å². The minimum Gasteiger partial charge on any atom is -0.354 e. The minimum absolute atomic E-state index is 0.0497. The monoisotopic (exact) mass is 607 g/mol. The van der Waals surface area contributed by atoms with E-state index in [1.54, 1.807) is 43.3 Å². The number of anilines is 1. The zero-order valence-corrected chi connectivity index (χ0v) is 24.6. The van der Waals surface area contributed by atoms with Gasteiger partial charge in [-0.3, -0.25) is 13.9 Å². The molecule has 1 atom stereocenters. The molecule has 0 fully saturated rings. The predicted molar refractivity (Wildman–Crippen MR) is 156 cm³/mol. The summed E-state index contributed by atoms with van der Waals surface area (Å²) in [6.45, 7) is 3.40. The van der Waals surface area contributed by atoms with Gasteiger partial charge in [0.15, 0.2) is 0 Å². The largest absolute Gasteiger partial charge is 0.354 e. The lowest BCUT2D eigenvalue weighted by atomic mass is 10.1. The first-order valence-electron chi connectivity index (χ1n) is 12.9. The molecule has 0 heterocycles. The maximum atomic E-state index is 15.0. The van der Waals surface area contributed by atoms with Crippen LogP contribution < -0.4 is 9.62 Å². The molecule has 0 unspecified atom stereocenters. The second kappa shape index (κ2) is 14.5. The van der Waals surface area contributed by atoms with Gasteiger partial charge in [0.1, 0.15) is 18.4 Å². The van der Waals surface area contributed by atoms with Gasteiger partial charge >= 0.3 is 0 Å². The molecule has 3 aromatic carbocycles. The summed E-state index contributed by atoms with van der Waals surface area (Å²) in [4.78, 5) is 28.4. The molecular formula is C29H32Cl2FN3O4S. The van der Waals surface area contributed by atoms with E-state index in [0.717, 1.165) is 23.2 Å². The van der Waals surface area contributed by atoms with Gasteiger partial charge < -0.3 is 10.2 Å². The molecule has 0 saturated heterocycles. The highest BCUT2D eigenvalue weighted by Gasteiger charge is 2.34. The highest BCUT2D eigenvalue weighted by atomic mass is 35.5. The Kier molecular flexibility index (Phi) is 11.4. The number of benzene rings is 3. The number of unbranched alkanes of at least 4 members (excludes halogenated alkanes) is 1. The number of nitrogens with one attached hydrogen (secondary N) is 1. The van der Waals surface area contributed by atoms with Gasteiger partial charge in [0, 0.05) is 13.1 Å². The van der Waals surface area contributed by atoms with Crippen LogP contribution in [-0.2, 0) is 26.2 Å². The van der Waals surface area contributed by atoms with Gasteiger partial charge in [0.2, 0.25) is 11.8 Å². The fraction of sp³-hybridized carbons (Fsp3) is 0.310. The van der Waals surface area contributed by atoms with E-state index in [0.29, 0.717) is 17.1 Å². The Balaban J connectivity index is 2.05. The summed E-state index contributed by atoms with van der Waals surface area (Å²) in [5, 5.41) is 3.45. The van der Waals surface area contributed by atoms with Crippen LogP contribution in [0.5, 0.6) is 0 Å². The molecule has 1 N–H and O–H groups in total. The number of carbonyl (C=O) groups is 2. The molecule has 0 saturated carbocycles.